The second-order valence-corrected chi connectivity index (χ2v) is 5.56. The van der Waals surface area contributed by atoms with Gasteiger partial charge in [0.15, 0.2) is 5.78 Å². The Balaban J connectivity index is 2.08. The number of aromatic hydroxyl groups is 2. The van der Waals surface area contributed by atoms with E-state index < -0.39 is 5.97 Å². The molecule has 1 aromatic rings. The molecule has 0 radical (unpaired) electrons. The fourth-order valence-corrected chi connectivity index (χ4v) is 2.05. The molecule has 23 heavy (non-hydrogen) atoms. The SMILES string of the molecule is CC(=O)C(C)=CCCCCCCCC(=O)On1c(O)ccc1O. The molecule has 0 amide bonds. The maximum Gasteiger partial charge on any atom is 0.333 e. The van der Waals surface area contributed by atoms with Crippen LogP contribution in [-0.4, -0.2) is 26.7 Å². The highest BCUT2D eigenvalue weighted by molar-refractivity contribution is 5.92. The molecular formula is C17H25NO5. The maximum atomic E-state index is 11.6. The van der Waals surface area contributed by atoms with Crippen LogP contribution in [0.5, 0.6) is 11.8 Å². The minimum atomic E-state index is -0.494. The highest BCUT2D eigenvalue weighted by Crippen LogP contribution is 2.19. The van der Waals surface area contributed by atoms with Gasteiger partial charge in [0.25, 0.3) is 0 Å². The number of carbonyl (C=O) groups is 2. The first-order valence-electron chi connectivity index (χ1n) is 7.90. The van der Waals surface area contributed by atoms with E-state index >= 15 is 0 Å². The van der Waals surface area contributed by atoms with Gasteiger partial charge in [0.05, 0.1) is 0 Å². The first-order valence-corrected chi connectivity index (χ1v) is 7.90. The van der Waals surface area contributed by atoms with Gasteiger partial charge < -0.3 is 15.1 Å². The number of unbranched alkanes of at least 4 members (excludes halogenated alkanes) is 5. The smallest absolute Gasteiger partial charge is 0.333 e. The van der Waals surface area contributed by atoms with Crippen LogP contribution in [0.1, 0.15) is 58.8 Å². The van der Waals surface area contributed by atoms with Crippen molar-refractivity contribution in [1.82, 2.24) is 4.73 Å². The third-order valence-corrected chi connectivity index (χ3v) is 3.58. The summed E-state index contributed by atoms with van der Waals surface area (Å²) in [6, 6.07) is 2.48. The van der Waals surface area contributed by atoms with Crippen LogP contribution in [0.15, 0.2) is 23.8 Å². The number of hydrogen-bond donors (Lipinski definition) is 2. The summed E-state index contributed by atoms with van der Waals surface area (Å²) < 4.78 is 0.700. The lowest BCUT2D eigenvalue weighted by Gasteiger charge is -2.06. The lowest BCUT2D eigenvalue weighted by Crippen LogP contribution is -2.18. The van der Waals surface area contributed by atoms with Gasteiger partial charge in [-0.25, -0.2) is 4.79 Å². The molecule has 1 heterocycles. The van der Waals surface area contributed by atoms with Crippen LogP contribution in [-0.2, 0) is 9.59 Å². The molecule has 0 aliphatic carbocycles. The Bertz CT molecular complexity index is 540. The van der Waals surface area contributed by atoms with Crippen LogP contribution in [0.2, 0.25) is 0 Å². The topological polar surface area (TPSA) is 88.8 Å². The van der Waals surface area contributed by atoms with E-state index in [9.17, 15) is 19.8 Å². The van der Waals surface area contributed by atoms with Gasteiger partial charge in [-0.05, 0) is 38.7 Å². The van der Waals surface area contributed by atoms with E-state index in [4.69, 9.17) is 4.84 Å². The monoisotopic (exact) mass is 323 g/mol. The Hall–Kier alpha value is -2.24. The van der Waals surface area contributed by atoms with E-state index in [0.29, 0.717) is 11.2 Å². The summed E-state index contributed by atoms with van der Waals surface area (Å²) in [7, 11) is 0. The van der Waals surface area contributed by atoms with Crippen molar-refractivity contribution in [3.63, 3.8) is 0 Å². The van der Waals surface area contributed by atoms with Gasteiger partial charge in [0.2, 0.25) is 11.8 Å². The Morgan fingerprint density at radius 3 is 2.22 bits per heavy atom. The molecule has 0 aliphatic rings. The van der Waals surface area contributed by atoms with Crippen LogP contribution >= 0.6 is 0 Å². The van der Waals surface area contributed by atoms with Gasteiger partial charge >= 0.3 is 5.97 Å². The van der Waals surface area contributed by atoms with Gasteiger partial charge in [0, 0.05) is 18.6 Å². The zero-order valence-electron chi connectivity index (χ0n) is 13.7. The first-order chi connectivity index (χ1) is 10.9. The zero-order chi connectivity index (χ0) is 17.2. The average molecular weight is 323 g/mol. The van der Waals surface area contributed by atoms with E-state index in [-0.39, 0.29) is 24.0 Å². The van der Waals surface area contributed by atoms with Gasteiger partial charge in [-0.2, -0.15) is 0 Å². The summed E-state index contributed by atoms with van der Waals surface area (Å²) in [4.78, 5) is 27.5. The Labute approximate surface area is 136 Å². The van der Waals surface area contributed by atoms with E-state index in [1.807, 2.05) is 13.0 Å². The lowest BCUT2D eigenvalue weighted by molar-refractivity contribution is -0.145. The van der Waals surface area contributed by atoms with Gasteiger partial charge in [-0.1, -0.05) is 25.3 Å². The summed E-state index contributed by atoms with van der Waals surface area (Å²) in [5, 5.41) is 18.7. The quantitative estimate of drug-likeness (QED) is 0.510. The number of nitrogens with zero attached hydrogens (tertiary/aromatic N) is 1. The van der Waals surface area contributed by atoms with Crippen molar-refractivity contribution >= 4 is 11.8 Å². The molecule has 0 bridgehead atoms. The van der Waals surface area contributed by atoms with E-state index in [1.165, 1.54) is 12.1 Å². The fraction of sp³-hybridized carbons (Fsp3) is 0.529. The van der Waals surface area contributed by atoms with E-state index in [1.54, 1.807) is 6.92 Å². The van der Waals surface area contributed by atoms with E-state index in [0.717, 1.165) is 37.7 Å². The summed E-state index contributed by atoms with van der Waals surface area (Å²) in [6.07, 6.45) is 7.81. The molecule has 0 saturated heterocycles. The second-order valence-electron chi connectivity index (χ2n) is 5.56. The third-order valence-electron chi connectivity index (χ3n) is 3.58. The summed E-state index contributed by atoms with van der Waals surface area (Å²) in [5.74, 6) is -1.01. The van der Waals surface area contributed by atoms with Crippen molar-refractivity contribution in [2.24, 2.45) is 0 Å². The molecule has 6 nitrogen and oxygen atoms in total. The van der Waals surface area contributed by atoms with Crippen LogP contribution in [0.25, 0.3) is 0 Å². The zero-order valence-corrected chi connectivity index (χ0v) is 13.7. The Morgan fingerprint density at radius 1 is 1.04 bits per heavy atom. The highest BCUT2D eigenvalue weighted by atomic mass is 16.7. The molecule has 0 aromatic carbocycles. The maximum absolute atomic E-state index is 11.6. The van der Waals surface area contributed by atoms with Crippen LogP contribution in [0.3, 0.4) is 0 Å². The highest BCUT2D eigenvalue weighted by Gasteiger charge is 2.11. The van der Waals surface area contributed by atoms with Gasteiger partial charge in [-0.3, -0.25) is 4.79 Å². The standard InChI is InChI=1S/C17H25NO5/c1-13(14(2)19)9-7-5-3-4-6-8-10-17(22)23-18-15(20)11-12-16(18)21/h9,11-12,20-21H,3-8,10H2,1-2H3. The van der Waals surface area contributed by atoms with Crippen molar-refractivity contribution in [3.05, 3.63) is 23.8 Å². The van der Waals surface area contributed by atoms with E-state index in [2.05, 4.69) is 0 Å². The minimum absolute atomic E-state index is 0.114. The number of allylic oxidation sites excluding steroid dienone is 2. The van der Waals surface area contributed by atoms with Crippen molar-refractivity contribution in [1.29, 1.82) is 0 Å². The van der Waals surface area contributed by atoms with Gasteiger partial charge in [0.1, 0.15) is 0 Å². The number of rotatable bonds is 10. The van der Waals surface area contributed by atoms with Crippen LogP contribution in [0.4, 0.5) is 0 Å². The summed E-state index contributed by atoms with van der Waals surface area (Å²) in [5.41, 5.74) is 0.810. The third kappa shape index (κ3) is 7.04. The Morgan fingerprint density at radius 2 is 1.61 bits per heavy atom. The van der Waals surface area contributed by atoms with Crippen molar-refractivity contribution in [2.45, 2.75) is 58.8 Å². The normalized spacial score (nSPS) is 11.5. The summed E-state index contributed by atoms with van der Waals surface area (Å²) in [6.45, 7) is 3.40. The predicted octanol–water partition coefficient (Wildman–Crippen LogP) is 3.12. The number of ketones is 1. The Kier molecular flexibility index (Phi) is 7.94. The second kappa shape index (κ2) is 9.71. The fourth-order valence-electron chi connectivity index (χ4n) is 2.05. The number of hydrogen-bond acceptors (Lipinski definition) is 5. The van der Waals surface area contributed by atoms with Gasteiger partial charge in [-0.15, -0.1) is 4.73 Å². The number of Topliss-reactive ketones (excluding diaryl/α,β-unsaturated/α-hetero) is 1. The predicted molar refractivity (Wildman–Crippen MR) is 86.1 cm³/mol. The molecule has 0 aliphatic heterocycles. The minimum Gasteiger partial charge on any atom is -0.492 e. The largest absolute Gasteiger partial charge is 0.492 e. The molecular weight excluding hydrogens is 298 g/mol. The summed E-state index contributed by atoms with van der Waals surface area (Å²) >= 11 is 0. The molecule has 0 saturated carbocycles. The molecule has 1 aromatic heterocycles. The molecule has 0 fully saturated rings. The van der Waals surface area contributed by atoms with Crippen molar-refractivity contribution in [2.75, 3.05) is 0 Å². The van der Waals surface area contributed by atoms with Crippen molar-refractivity contribution < 1.29 is 24.6 Å². The molecule has 128 valence electrons. The molecule has 0 atom stereocenters. The number of carbonyl (C=O) groups excluding carboxylic acids is 2. The molecule has 0 spiro atoms. The van der Waals surface area contributed by atoms with Crippen LogP contribution < -0.4 is 4.84 Å². The average Bonchev–Trinajstić information content (AvgIpc) is 2.81. The van der Waals surface area contributed by atoms with Crippen molar-refractivity contribution in [3.8, 4) is 11.8 Å². The molecule has 6 heteroatoms. The first kappa shape index (κ1) is 18.8. The molecule has 1 rings (SSSR count). The lowest BCUT2D eigenvalue weighted by atomic mass is 10.1. The molecule has 0 unspecified atom stereocenters. The molecule has 2 N–H and O–H groups in total. The number of aromatic nitrogens is 1. The van der Waals surface area contributed by atoms with Crippen LogP contribution in [0, 0.1) is 0 Å².